The average molecular weight is 214 g/mol. The predicted molar refractivity (Wildman–Crippen MR) is 48.8 cm³/mol. The molecule has 0 unspecified atom stereocenters. The first-order chi connectivity index (χ1) is 6.50. The van der Waals surface area contributed by atoms with Crippen LogP contribution in [0.25, 0.3) is 0 Å². The second-order valence-corrected chi connectivity index (χ2v) is 4.79. The molecule has 14 heavy (non-hydrogen) atoms. The zero-order chi connectivity index (χ0) is 10.8. The second-order valence-electron chi connectivity index (χ2n) is 2.78. The van der Waals surface area contributed by atoms with E-state index in [0.29, 0.717) is 5.69 Å². The number of nitrogens with one attached hydrogen (secondary N) is 1. The number of H-pyrrole nitrogens is 1. The Morgan fingerprint density at radius 2 is 2.36 bits per heavy atom. The van der Waals surface area contributed by atoms with E-state index in [0.717, 1.165) is 4.31 Å². The van der Waals surface area contributed by atoms with E-state index in [-0.39, 0.29) is 11.4 Å². The quantitative estimate of drug-likeness (QED) is 0.709. The van der Waals surface area contributed by atoms with Crippen molar-refractivity contribution >= 4 is 10.0 Å². The highest BCUT2D eigenvalue weighted by Gasteiger charge is 2.23. The minimum atomic E-state index is -3.57. The molecule has 0 aliphatic rings. The molecule has 7 heteroatoms. The Labute approximate surface area is 82.2 Å². The van der Waals surface area contributed by atoms with Gasteiger partial charge >= 0.3 is 0 Å². The van der Waals surface area contributed by atoms with E-state index in [2.05, 4.69) is 10.2 Å². The summed E-state index contributed by atoms with van der Waals surface area (Å²) < 4.78 is 24.4. The summed E-state index contributed by atoms with van der Waals surface area (Å²) in [6, 6.07) is 1.77. The number of hydrogen-bond donors (Lipinski definition) is 1. The van der Waals surface area contributed by atoms with Crippen LogP contribution in [-0.4, -0.2) is 36.5 Å². The highest BCUT2D eigenvalue weighted by molar-refractivity contribution is 7.89. The minimum absolute atomic E-state index is 0.107. The highest BCUT2D eigenvalue weighted by atomic mass is 32.2. The third-order valence-electron chi connectivity index (χ3n) is 1.77. The van der Waals surface area contributed by atoms with Crippen LogP contribution >= 0.6 is 0 Å². The van der Waals surface area contributed by atoms with E-state index in [1.807, 2.05) is 0 Å². The van der Waals surface area contributed by atoms with Crippen LogP contribution in [0, 0.1) is 18.3 Å². The summed E-state index contributed by atoms with van der Waals surface area (Å²) in [5, 5.41) is 14.5. The molecule has 0 aliphatic carbocycles. The number of rotatable bonds is 3. The van der Waals surface area contributed by atoms with Crippen LogP contribution in [0.3, 0.4) is 0 Å². The van der Waals surface area contributed by atoms with Gasteiger partial charge in [-0.05, 0) is 6.92 Å². The second kappa shape index (κ2) is 3.77. The maximum Gasteiger partial charge on any atom is 0.247 e. The van der Waals surface area contributed by atoms with Gasteiger partial charge in [0.2, 0.25) is 10.0 Å². The fourth-order valence-electron chi connectivity index (χ4n) is 0.952. The van der Waals surface area contributed by atoms with Crippen molar-refractivity contribution < 1.29 is 8.42 Å². The van der Waals surface area contributed by atoms with Crippen LogP contribution in [0.1, 0.15) is 5.69 Å². The first-order valence-corrected chi connectivity index (χ1v) is 5.27. The molecule has 0 aliphatic heterocycles. The molecule has 0 spiro atoms. The van der Waals surface area contributed by atoms with Crippen molar-refractivity contribution in [2.75, 3.05) is 13.6 Å². The van der Waals surface area contributed by atoms with Crippen molar-refractivity contribution in [1.82, 2.24) is 14.5 Å². The molecule has 1 N–H and O–H groups in total. The van der Waals surface area contributed by atoms with Crippen molar-refractivity contribution in [2.24, 2.45) is 0 Å². The zero-order valence-corrected chi connectivity index (χ0v) is 8.67. The third kappa shape index (κ3) is 1.76. The van der Waals surface area contributed by atoms with Crippen LogP contribution in [-0.2, 0) is 10.0 Å². The normalized spacial score (nSPS) is 11.6. The lowest BCUT2D eigenvalue weighted by Crippen LogP contribution is -2.27. The Hall–Kier alpha value is -1.39. The molecule has 0 amide bonds. The molecular weight excluding hydrogens is 204 g/mol. The molecule has 0 aromatic carbocycles. The maximum atomic E-state index is 11.7. The summed E-state index contributed by atoms with van der Waals surface area (Å²) >= 11 is 0. The SMILES string of the molecule is Cc1[nH]ncc1S(=O)(=O)N(C)CC#N. The summed E-state index contributed by atoms with van der Waals surface area (Å²) in [7, 11) is -2.22. The van der Waals surface area contributed by atoms with E-state index in [1.54, 1.807) is 13.0 Å². The molecule has 1 aromatic heterocycles. The van der Waals surface area contributed by atoms with E-state index in [9.17, 15) is 8.42 Å². The standard InChI is InChI=1S/C7H10N4O2S/c1-6-7(5-9-10-6)14(12,13)11(2)4-3-8/h5H,4H2,1-2H3,(H,9,10). The summed E-state index contributed by atoms with van der Waals surface area (Å²) in [6.45, 7) is 1.44. The van der Waals surface area contributed by atoms with Crippen molar-refractivity contribution in [3.63, 3.8) is 0 Å². The topological polar surface area (TPSA) is 89.8 Å². The molecule has 0 saturated heterocycles. The molecule has 1 rings (SSSR count). The Balaban J connectivity index is 3.10. The van der Waals surface area contributed by atoms with Gasteiger partial charge in [-0.15, -0.1) is 0 Å². The van der Waals surface area contributed by atoms with Crippen LogP contribution in [0.15, 0.2) is 11.1 Å². The van der Waals surface area contributed by atoms with Gasteiger partial charge in [0.05, 0.1) is 18.0 Å². The van der Waals surface area contributed by atoms with Gasteiger partial charge < -0.3 is 0 Å². The lowest BCUT2D eigenvalue weighted by atomic mass is 10.5. The molecule has 0 fully saturated rings. The average Bonchev–Trinajstić information content (AvgIpc) is 2.52. The molecule has 0 atom stereocenters. The first-order valence-electron chi connectivity index (χ1n) is 3.83. The summed E-state index contributed by atoms with van der Waals surface area (Å²) in [6.07, 6.45) is 1.23. The number of aryl methyl sites for hydroxylation is 1. The Morgan fingerprint density at radius 1 is 1.71 bits per heavy atom. The number of aromatic amines is 1. The van der Waals surface area contributed by atoms with E-state index < -0.39 is 10.0 Å². The Kier molecular flexibility index (Phi) is 2.88. The van der Waals surface area contributed by atoms with E-state index in [1.165, 1.54) is 13.2 Å². The molecule has 1 aromatic rings. The van der Waals surface area contributed by atoms with Crippen molar-refractivity contribution in [3.8, 4) is 6.07 Å². The molecule has 1 heterocycles. The van der Waals surface area contributed by atoms with Gasteiger partial charge in [-0.3, -0.25) is 5.10 Å². The molecule has 76 valence electrons. The number of hydrogen-bond acceptors (Lipinski definition) is 4. The molecule has 0 saturated carbocycles. The van der Waals surface area contributed by atoms with Gasteiger partial charge in [-0.25, -0.2) is 8.42 Å². The predicted octanol–water partition coefficient (Wildman–Crippen LogP) is -0.138. The highest BCUT2D eigenvalue weighted by Crippen LogP contribution is 2.15. The van der Waals surface area contributed by atoms with E-state index >= 15 is 0 Å². The smallest absolute Gasteiger partial charge is 0.247 e. The van der Waals surface area contributed by atoms with Crippen LogP contribution in [0.4, 0.5) is 0 Å². The monoisotopic (exact) mass is 214 g/mol. The fraction of sp³-hybridized carbons (Fsp3) is 0.429. The van der Waals surface area contributed by atoms with Crippen LogP contribution in [0.2, 0.25) is 0 Å². The largest absolute Gasteiger partial charge is 0.281 e. The van der Waals surface area contributed by atoms with Gasteiger partial charge in [0.15, 0.2) is 0 Å². The van der Waals surface area contributed by atoms with Gasteiger partial charge in [0, 0.05) is 7.05 Å². The summed E-state index contributed by atoms with van der Waals surface area (Å²) in [5.74, 6) is 0. The van der Waals surface area contributed by atoms with Gasteiger partial charge in [0.1, 0.15) is 11.4 Å². The number of nitriles is 1. The molecule has 0 bridgehead atoms. The van der Waals surface area contributed by atoms with E-state index in [4.69, 9.17) is 5.26 Å². The number of sulfonamides is 1. The molecule has 0 radical (unpaired) electrons. The van der Waals surface area contributed by atoms with Crippen molar-refractivity contribution in [1.29, 1.82) is 5.26 Å². The Morgan fingerprint density at radius 3 is 2.79 bits per heavy atom. The third-order valence-corrected chi connectivity index (χ3v) is 3.68. The molecule has 6 nitrogen and oxygen atoms in total. The summed E-state index contributed by atoms with van der Waals surface area (Å²) in [5.41, 5.74) is 0.467. The van der Waals surface area contributed by atoms with Crippen LogP contribution < -0.4 is 0 Å². The Bertz CT molecular complexity index is 456. The summed E-state index contributed by atoms with van der Waals surface area (Å²) in [4.78, 5) is 0.107. The fourth-order valence-corrected chi connectivity index (χ4v) is 2.13. The van der Waals surface area contributed by atoms with Crippen molar-refractivity contribution in [3.05, 3.63) is 11.9 Å². The maximum absolute atomic E-state index is 11.7. The lowest BCUT2D eigenvalue weighted by molar-refractivity contribution is 0.501. The molecular formula is C7H10N4O2S. The first kappa shape index (κ1) is 10.7. The van der Waals surface area contributed by atoms with Gasteiger partial charge in [-0.1, -0.05) is 0 Å². The van der Waals surface area contributed by atoms with Gasteiger partial charge in [0.25, 0.3) is 0 Å². The van der Waals surface area contributed by atoms with Gasteiger partial charge in [-0.2, -0.15) is 14.7 Å². The number of aromatic nitrogens is 2. The number of nitrogens with zero attached hydrogens (tertiary/aromatic N) is 3. The van der Waals surface area contributed by atoms with Crippen molar-refractivity contribution in [2.45, 2.75) is 11.8 Å². The lowest BCUT2D eigenvalue weighted by Gasteiger charge is -2.12. The minimum Gasteiger partial charge on any atom is -0.281 e. The van der Waals surface area contributed by atoms with Crippen LogP contribution in [0.5, 0.6) is 0 Å². The zero-order valence-electron chi connectivity index (χ0n) is 7.85.